The van der Waals surface area contributed by atoms with Crippen molar-refractivity contribution in [1.82, 2.24) is 19.9 Å². The van der Waals surface area contributed by atoms with Crippen molar-refractivity contribution in [1.29, 1.82) is 0 Å². The monoisotopic (exact) mass is 535 g/mol. The number of aliphatic imine (C=N–C) groups is 1. The molecule has 1 amide bonds. The van der Waals surface area contributed by atoms with Crippen molar-refractivity contribution in [2.75, 3.05) is 6.54 Å². The number of carbonyl (C=O) groups is 1. The first kappa shape index (κ1) is 23.9. The van der Waals surface area contributed by atoms with Crippen LogP contribution in [0.5, 0.6) is 0 Å². The molecule has 2 N–H and O–H groups in total. The summed E-state index contributed by atoms with van der Waals surface area (Å²) < 4.78 is 2.91. The lowest BCUT2D eigenvalue weighted by atomic mass is 9.83. The van der Waals surface area contributed by atoms with Crippen molar-refractivity contribution in [2.45, 2.75) is 64.0 Å². The first-order valence-electron chi connectivity index (χ1n) is 12.2. The van der Waals surface area contributed by atoms with Crippen LogP contribution >= 0.6 is 15.9 Å². The third kappa shape index (κ3) is 4.82. The Morgan fingerprint density at radius 1 is 1.20 bits per heavy atom. The molecule has 1 aromatic carbocycles. The van der Waals surface area contributed by atoms with Gasteiger partial charge in [0.1, 0.15) is 6.10 Å². The molecule has 182 valence electrons. The molecule has 1 aliphatic carbocycles. The number of amides is 1. The zero-order chi connectivity index (χ0) is 24.5. The van der Waals surface area contributed by atoms with Crippen LogP contribution in [-0.2, 0) is 4.79 Å². The van der Waals surface area contributed by atoms with Gasteiger partial charge < -0.3 is 10.4 Å². The summed E-state index contributed by atoms with van der Waals surface area (Å²) in [6, 6.07) is 10.4. The van der Waals surface area contributed by atoms with Crippen LogP contribution in [-0.4, -0.2) is 50.0 Å². The summed E-state index contributed by atoms with van der Waals surface area (Å²) >= 11 is 3.79. The van der Waals surface area contributed by atoms with Gasteiger partial charge in [-0.15, -0.1) is 0 Å². The van der Waals surface area contributed by atoms with Crippen molar-refractivity contribution in [3.63, 3.8) is 0 Å². The number of hydrogen-bond acceptors (Lipinski definition) is 5. The molecule has 0 saturated heterocycles. The van der Waals surface area contributed by atoms with Gasteiger partial charge in [0.05, 0.1) is 28.6 Å². The van der Waals surface area contributed by atoms with Crippen molar-refractivity contribution in [3.8, 4) is 0 Å². The van der Waals surface area contributed by atoms with Crippen LogP contribution in [0.3, 0.4) is 0 Å². The van der Waals surface area contributed by atoms with E-state index in [1.54, 1.807) is 0 Å². The molecule has 5 rings (SSSR count). The van der Waals surface area contributed by atoms with Crippen molar-refractivity contribution in [3.05, 3.63) is 69.6 Å². The van der Waals surface area contributed by atoms with E-state index in [2.05, 4.69) is 51.5 Å². The summed E-state index contributed by atoms with van der Waals surface area (Å²) in [5, 5.41) is 17.1. The molecule has 2 aromatic heterocycles. The molecule has 2 aliphatic rings. The number of aliphatic hydroxyl groups excluding tert-OH is 1. The molecular formula is C27H30BrN5O2. The van der Waals surface area contributed by atoms with E-state index in [4.69, 9.17) is 9.98 Å². The zero-order valence-electron chi connectivity index (χ0n) is 20.0. The predicted octanol–water partition coefficient (Wildman–Crippen LogP) is 4.60. The molecular weight excluding hydrogens is 506 g/mol. The van der Waals surface area contributed by atoms with E-state index in [0.717, 1.165) is 70.5 Å². The Balaban J connectivity index is 1.37. The van der Waals surface area contributed by atoms with E-state index in [1.807, 2.05) is 28.9 Å². The largest absolute Gasteiger partial charge is 0.384 e. The molecule has 7 nitrogen and oxygen atoms in total. The summed E-state index contributed by atoms with van der Waals surface area (Å²) in [5.41, 5.74) is 7.43. The molecule has 0 radical (unpaired) electrons. The van der Waals surface area contributed by atoms with Crippen LogP contribution in [0.4, 0.5) is 0 Å². The van der Waals surface area contributed by atoms with Crippen LogP contribution < -0.4 is 5.32 Å². The first-order valence-corrected chi connectivity index (χ1v) is 13.0. The van der Waals surface area contributed by atoms with Crippen LogP contribution in [0, 0.1) is 6.92 Å². The number of aryl methyl sites for hydroxylation is 1. The number of carbonyl (C=O) groups excluding carboxylic acids is 1. The topological polar surface area (TPSA) is 91.9 Å². The Bertz CT molecular complexity index is 1300. The quantitative estimate of drug-likeness (QED) is 0.499. The molecule has 0 spiro atoms. The lowest BCUT2D eigenvalue weighted by molar-refractivity contribution is -0.129. The number of aliphatic hydroxyl groups is 1. The van der Waals surface area contributed by atoms with E-state index in [-0.39, 0.29) is 11.9 Å². The average Bonchev–Trinajstić information content (AvgIpc) is 3.31. The third-order valence-corrected chi connectivity index (χ3v) is 8.09. The fraction of sp³-hybridized carbons (Fsp3) is 0.407. The SMILES string of the molecule is Cc1c(Br)c(C2CCC(NC(=O)C(C)O)CC2)nc2c(C3=CCC(c4ccccc4)=NC3)cnn12. The van der Waals surface area contributed by atoms with Gasteiger partial charge in [-0.2, -0.15) is 5.10 Å². The van der Waals surface area contributed by atoms with Gasteiger partial charge in [-0.05, 0) is 66.6 Å². The maximum Gasteiger partial charge on any atom is 0.248 e. The van der Waals surface area contributed by atoms with Gasteiger partial charge in [-0.25, -0.2) is 9.50 Å². The maximum absolute atomic E-state index is 11.9. The number of hydrogen-bond donors (Lipinski definition) is 2. The van der Waals surface area contributed by atoms with E-state index in [1.165, 1.54) is 12.5 Å². The van der Waals surface area contributed by atoms with Gasteiger partial charge >= 0.3 is 0 Å². The molecule has 1 atom stereocenters. The summed E-state index contributed by atoms with van der Waals surface area (Å²) in [6.45, 7) is 4.18. The molecule has 1 fully saturated rings. The van der Waals surface area contributed by atoms with Crippen LogP contribution in [0.15, 0.2) is 52.1 Å². The fourth-order valence-electron chi connectivity index (χ4n) is 5.03. The fourth-order valence-corrected chi connectivity index (χ4v) is 5.61. The number of rotatable bonds is 5. The third-order valence-electron chi connectivity index (χ3n) is 7.11. The first-order chi connectivity index (χ1) is 16.9. The van der Waals surface area contributed by atoms with Gasteiger partial charge in [-0.1, -0.05) is 36.4 Å². The molecule has 0 bridgehead atoms. The van der Waals surface area contributed by atoms with Crippen molar-refractivity contribution < 1.29 is 9.90 Å². The number of allylic oxidation sites excluding steroid dienone is 1. The molecule has 3 heterocycles. The van der Waals surface area contributed by atoms with E-state index in [0.29, 0.717) is 12.5 Å². The highest BCUT2D eigenvalue weighted by molar-refractivity contribution is 9.10. The summed E-state index contributed by atoms with van der Waals surface area (Å²) in [7, 11) is 0. The summed E-state index contributed by atoms with van der Waals surface area (Å²) in [5.74, 6) is 0.00586. The Hall–Kier alpha value is -2.84. The molecule has 8 heteroatoms. The Morgan fingerprint density at radius 2 is 1.94 bits per heavy atom. The predicted molar refractivity (Wildman–Crippen MR) is 141 cm³/mol. The normalized spacial score (nSPS) is 21.4. The van der Waals surface area contributed by atoms with Gasteiger partial charge in [0, 0.05) is 29.7 Å². The number of aromatic nitrogens is 3. The molecule has 1 saturated carbocycles. The number of fused-ring (bicyclic) bond motifs is 1. The second kappa shape index (κ2) is 10.0. The molecule has 1 aliphatic heterocycles. The van der Waals surface area contributed by atoms with Crippen LogP contribution in [0.25, 0.3) is 11.2 Å². The number of halogens is 1. The zero-order valence-corrected chi connectivity index (χ0v) is 21.6. The second-order valence-corrected chi connectivity index (χ2v) is 10.3. The van der Waals surface area contributed by atoms with E-state index >= 15 is 0 Å². The standard InChI is InChI=1S/C27H30BrN5O2/c1-16-24(28)25(19-8-11-21(12-9-19)31-27(35)17(2)34)32-26-22(15-30-33(16)26)20-10-13-23(29-14-20)18-6-4-3-5-7-18/h3-7,10,15,17,19,21,34H,8-9,11-14H2,1-2H3,(H,31,35). The van der Waals surface area contributed by atoms with Gasteiger partial charge in [0.25, 0.3) is 0 Å². The molecule has 35 heavy (non-hydrogen) atoms. The minimum atomic E-state index is -0.976. The molecule has 1 unspecified atom stereocenters. The van der Waals surface area contributed by atoms with Crippen molar-refractivity contribution >= 4 is 38.8 Å². The minimum Gasteiger partial charge on any atom is -0.384 e. The average molecular weight is 536 g/mol. The Morgan fingerprint density at radius 3 is 2.60 bits per heavy atom. The van der Waals surface area contributed by atoms with Gasteiger partial charge in [-0.3, -0.25) is 9.79 Å². The number of benzene rings is 1. The number of dihydropyridines is 1. The van der Waals surface area contributed by atoms with E-state index < -0.39 is 6.10 Å². The van der Waals surface area contributed by atoms with Gasteiger partial charge in [0.2, 0.25) is 5.91 Å². The van der Waals surface area contributed by atoms with Crippen LogP contribution in [0.1, 0.15) is 67.5 Å². The van der Waals surface area contributed by atoms with Crippen LogP contribution in [0.2, 0.25) is 0 Å². The van der Waals surface area contributed by atoms with E-state index in [9.17, 15) is 9.90 Å². The summed E-state index contributed by atoms with van der Waals surface area (Å²) in [6.07, 6.45) is 7.58. The highest BCUT2D eigenvalue weighted by Gasteiger charge is 2.28. The van der Waals surface area contributed by atoms with Gasteiger partial charge in [0.15, 0.2) is 5.65 Å². The molecule has 3 aromatic rings. The highest BCUT2D eigenvalue weighted by atomic mass is 79.9. The minimum absolute atomic E-state index is 0.103. The Labute approximate surface area is 213 Å². The lowest BCUT2D eigenvalue weighted by Gasteiger charge is -2.30. The lowest BCUT2D eigenvalue weighted by Crippen LogP contribution is -2.42. The highest BCUT2D eigenvalue weighted by Crippen LogP contribution is 2.38. The maximum atomic E-state index is 11.9. The number of nitrogens with zero attached hydrogens (tertiary/aromatic N) is 4. The summed E-state index contributed by atoms with van der Waals surface area (Å²) in [4.78, 5) is 21.8. The van der Waals surface area contributed by atoms with Crippen molar-refractivity contribution in [2.24, 2.45) is 4.99 Å². The smallest absolute Gasteiger partial charge is 0.248 e. The Kier molecular flexibility index (Phi) is 6.84. The second-order valence-electron chi connectivity index (χ2n) is 9.49. The number of nitrogens with one attached hydrogen (secondary N) is 1.